The summed E-state index contributed by atoms with van der Waals surface area (Å²) in [5.41, 5.74) is 0.217. The second-order valence-corrected chi connectivity index (χ2v) is 8.52. The fraction of sp³-hybridized carbons (Fsp3) is 0.667. The Kier molecular flexibility index (Phi) is 11.4. The molecular weight excluding hydrogens is 448 g/mol. The number of carbonyl (C=O) groups is 4. The fourth-order valence-corrected chi connectivity index (χ4v) is 3.41. The summed E-state index contributed by atoms with van der Waals surface area (Å²) in [6.45, 7) is 14.0. The Balaban J connectivity index is 3.40. The molecule has 1 saturated heterocycles. The fourth-order valence-electron chi connectivity index (χ4n) is 3.41. The molecule has 0 unspecified atom stereocenters. The lowest BCUT2D eigenvalue weighted by molar-refractivity contribution is -0.324. The zero-order valence-electron chi connectivity index (χ0n) is 21.0. The van der Waals surface area contributed by atoms with Gasteiger partial charge in [-0.05, 0) is 33.6 Å². The molecule has 0 amide bonds. The molecule has 10 heteroatoms. The van der Waals surface area contributed by atoms with Crippen LogP contribution in [0.4, 0.5) is 0 Å². The number of hydrogen-bond acceptors (Lipinski definition) is 10. The van der Waals surface area contributed by atoms with E-state index in [9.17, 15) is 19.2 Å². The van der Waals surface area contributed by atoms with Gasteiger partial charge < -0.3 is 28.4 Å². The summed E-state index contributed by atoms with van der Waals surface area (Å²) in [5, 5.41) is 0. The maximum Gasteiger partial charge on any atom is 0.303 e. The van der Waals surface area contributed by atoms with E-state index in [1.165, 1.54) is 13.8 Å². The first kappa shape index (κ1) is 29.3. The monoisotopic (exact) mass is 484 g/mol. The molecule has 1 heterocycles. The molecule has 0 aromatic heterocycles. The zero-order valence-corrected chi connectivity index (χ0v) is 21.0. The lowest BCUT2D eigenvalue weighted by atomic mass is 9.96. The Morgan fingerprint density at radius 2 is 1.38 bits per heavy atom. The molecule has 0 radical (unpaired) electrons. The molecular formula is C24H36O10. The SMILES string of the molecule is C=C[C@](C)(CCC=C(C)C)O[C@@H]1O[C@H](COC(C)=O)[C@@H](OC(C)=O)[C@H](OC(C)=O)[C@H]1OC(C)=O. The number of allylic oxidation sites excluding steroid dienone is 2. The van der Waals surface area contributed by atoms with E-state index in [1.807, 2.05) is 19.9 Å². The molecule has 0 bridgehead atoms. The highest BCUT2D eigenvalue weighted by Crippen LogP contribution is 2.33. The third kappa shape index (κ3) is 9.64. The van der Waals surface area contributed by atoms with Crippen molar-refractivity contribution in [2.75, 3.05) is 6.61 Å². The minimum Gasteiger partial charge on any atom is -0.463 e. The van der Waals surface area contributed by atoms with E-state index in [0.717, 1.165) is 19.4 Å². The summed E-state index contributed by atoms with van der Waals surface area (Å²) in [6.07, 6.45) is -1.27. The standard InChI is InChI=1S/C24H36O10/c1-9-24(8,12-10-11-14(2)3)34-23-22(32-18(7)28)21(31-17(6)27)20(30-16(5)26)19(33-23)13-29-15(4)25/h9,11,19-23H,1,10,12-13H2,2-8H3/t19-,20-,21+,22-,23+,24-/m1/s1. The van der Waals surface area contributed by atoms with Gasteiger partial charge >= 0.3 is 23.9 Å². The van der Waals surface area contributed by atoms with E-state index >= 15 is 0 Å². The summed E-state index contributed by atoms with van der Waals surface area (Å²) in [7, 11) is 0. The Hall–Kier alpha value is -2.72. The molecule has 192 valence electrons. The second kappa shape index (κ2) is 13.2. The first-order valence-corrected chi connectivity index (χ1v) is 11.0. The molecule has 1 aliphatic heterocycles. The third-order valence-corrected chi connectivity index (χ3v) is 4.96. The van der Waals surface area contributed by atoms with E-state index in [1.54, 1.807) is 13.0 Å². The Morgan fingerprint density at radius 3 is 1.85 bits per heavy atom. The minimum absolute atomic E-state index is 0.319. The maximum atomic E-state index is 11.9. The van der Waals surface area contributed by atoms with Crippen molar-refractivity contribution in [3.8, 4) is 0 Å². The predicted octanol–water partition coefficient (Wildman–Crippen LogP) is 2.78. The van der Waals surface area contributed by atoms with E-state index in [2.05, 4.69) is 6.58 Å². The van der Waals surface area contributed by atoms with E-state index in [4.69, 9.17) is 28.4 Å². The molecule has 0 aromatic carbocycles. The topological polar surface area (TPSA) is 124 Å². The first-order valence-electron chi connectivity index (χ1n) is 11.0. The maximum absolute atomic E-state index is 11.9. The van der Waals surface area contributed by atoms with Crippen LogP contribution in [0.5, 0.6) is 0 Å². The molecule has 0 aromatic rings. The number of esters is 4. The summed E-state index contributed by atoms with van der Waals surface area (Å²) in [5.74, 6) is -2.69. The first-order chi connectivity index (χ1) is 15.8. The van der Waals surface area contributed by atoms with Crippen molar-refractivity contribution >= 4 is 23.9 Å². The largest absolute Gasteiger partial charge is 0.463 e. The smallest absolute Gasteiger partial charge is 0.303 e. The number of hydrogen-bond donors (Lipinski definition) is 0. The number of rotatable bonds is 11. The van der Waals surface area contributed by atoms with Crippen LogP contribution < -0.4 is 0 Å². The van der Waals surface area contributed by atoms with Gasteiger partial charge in [0.05, 0.1) is 5.60 Å². The highest BCUT2D eigenvalue weighted by atomic mass is 16.7. The average molecular weight is 485 g/mol. The van der Waals surface area contributed by atoms with Crippen molar-refractivity contribution in [3.63, 3.8) is 0 Å². The molecule has 34 heavy (non-hydrogen) atoms. The highest BCUT2D eigenvalue weighted by Gasteiger charge is 2.53. The van der Waals surface area contributed by atoms with Crippen LogP contribution in [0.25, 0.3) is 0 Å². The molecule has 1 rings (SSSR count). The van der Waals surface area contributed by atoms with Crippen molar-refractivity contribution in [1.29, 1.82) is 0 Å². The van der Waals surface area contributed by atoms with Gasteiger partial charge in [-0.2, -0.15) is 0 Å². The van der Waals surface area contributed by atoms with Gasteiger partial charge in [-0.15, -0.1) is 6.58 Å². The lowest BCUT2D eigenvalue weighted by Crippen LogP contribution is -2.63. The van der Waals surface area contributed by atoms with Crippen LogP contribution in [0.1, 0.15) is 61.3 Å². The molecule has 0 N–H and O–H groups in total. The summed E-state index contributed by atoms with van der Waals surface area (Å²) >= 11 is 0. The molecule has 0 aliphatic carbocycles. The average Bonchev–Trinajstić information content (AvgIpc) is 2.69. The molecule has 1 fully saturated rings. The van der Waals surface area contributed by atoms with Crippen LogP contribution in [0.3, 0.4) is 0 Å². The van der Waals surface area contributed by atoms with E-state index < -0.39 is 60.2 Å². The van der Waals surface area contributed by atoms with Crippen molar-refractivity contribution < 1.29 is 47.6 Å². The van der Waals surface area contributed by atoms with Crippen molar-refractivity contribution in [1.82, 2.24) is 0 Å². The van der Waals surface area contributed by atoms with Crippen LogP contribution in [-0.2, 0) is 47.6 Å². The van der Waals surface area contributed by atoms with E-state index in [-0.39, 0.29) is 6.61 Å². The molecule has 6 atom stereocenters. The quantitative estimate of drug-likeness (QED) is 0.246. The summed E-state index contributed by atoms with van der Waals surface area (Å²) in [4.78, 5) is 47.1. The van der Waals surface area contributed by atoms with Gasteiger partial charge in [0.1, 0.15) is 12.7 Å². The van der Waals surface area contributed by atoms with Gasteiger partial charge in [0.2, 0.25) is 0 Å². The predicted molar refractivity (Wildman–Crippen MR) is 120 cm³/mol. The van der Waals surface area contributed by atoms with Crippen LogP contribution in [-0.4, -0.2) is 66.8 Å². The van der Waals surface area contributed by atoms with Crippen LogP contribution in [0.2, 0.25) is 0 Å². The summed E-state index contributed by atoms with van der Waals surface area (Å²) in [6, 6.07) is 0. The Labute approximate surface area is 200 Å². The van der Waals surface area contributed by atoms with Crippen molar-refractivity contribution in [2.45, 2.75) is 97.6 Å². The number of carbonyl (C=O) groups excluding carboxylic acids is 4. The number of ether oxygens (including phenoxy) is 6. The third-order valence-electron chi connectivity index (χ3n) is 4.96. The van der Waals surface area contributed by atoms with E-state index in [0.29, 0.717) is 12.8 Å². The van der Waals surface area contributed by atoms with Gasteiger partial charge in [0, 0.05) is 27.7 Å². The van der Waals surface area contributed by atoms with Gasteiger partial charge in [-0.25, -0.2) is 0 Å². The molecule has 0 saturated carbocycles. The van der Waals surface area contributed by atoms with Crippen LogP contribution in [0.15, 0.2) is 24.3 Å². The van der Waals surface area contributed by atoms with Gasteiger partial charge in [0.15, 0.2) is 24.6 Å². The minimum atomic E-state index is -1.28. The normalized spacial score (nSPS) is 25.8. The Bertz CT molecular complexity index is 785. The highest BCUT2D eigenvalue weighted by molar-refractivity contribution is 5.68. The molecule has 10 nitrogen and oxygen atoms in total. The van der Waals surface area contributed by atoms with Crippen LogP contribution >= 0.6 is 0 Å². The molecule has 0 spiro atoms. The van der Waals surface area contributed by atoms with Crippen molar-refractivity contribution in [2.24, 2.45) is 0 Å². The Morgan fingerprint density at radius 1 is 0.853 bits per heavy atom. The van der Waals surface area contributed by atoms with Gasteiger partial charge in [0.25, 0.3) is 0 Å². The van der Waals surface area contributed by atoms with Gasteiger partial charge in [-0.3, -0.25) is 19.2 Å². The van der Waals surface area contributed by atoms with Gasteiger partial charge in [-0.1, -0.05) is 17.7 Å². The lowest BCUT2D eigenvalue weighted by Gasteiger charge is -2.46. The zero-order chi connectivity index (χ0) is 26.1. The summed E-state index contributed by atoms with van der Waals surface area (Å²) < 4.78 is 33.5. The van der Waals surface area contributed by atoms with Crippen LogP contribution in [0, 0.1) is 0 Å². The molecule has 1 aliphatic rings. The second-order valence-electron chi connectivity index (χ2n) is 8.52. The van der Waals surface area contributed by atoms with Crippen molar-refractivity contribution in [3.05, 3.63) is 24.3 Å².